The average molecular weight is 327 g/mol. The zero-order valence-electron chi connectivity index (χ0n) is 12.8. The normalized spacial score (nSPS) is 11.4. The first-order chi connectivity index (χ1) is 10.9. The van der Waals surface area contributed by atoms with Crippen LogP contribution in [0.4, 0.5) is 5.69 Å². The van der Waals surface area contributed by atoms with Gasteiger partial charge in [-0.1, -0.05) is 35.9 Å². The highest BCUT2D eigenvalue weighted by Gasteiger charge is 2.28. The number of nitrogens with zero attached hydrogens (tertiary/aromatic N) is 1. The molecule has 2 aromatic rings. The standard InChI is InChI=1S/C18H15ClN2O2/c1-11-7-8-13(9-12(11)2)17(22)14(10-20)18(23)21-16-6-4-3-5-15(16)19/h3-9,14H,1-2H3,(H,21,23)/t14-/m0/s1. The van der Waals surface area contributed by atoms with E-state index >= 15 is 0 Å². The Kier molecular flexibility index (Phi) is 5.15. The highest BCUT2D eigenvalue weighted by molar-refractivity contribution is 6.34. The number of benzene rings is 2. The first-order valence-electron chi connectivity index (χ1n) is 7.00. The summed E-state index contributed by atoms with van der Waals surface area (Å²) in [6.07, 6.45) is 0. The monoisotopic (exact) mass is 326 g/mol. The third kappa shape index (κ3) is 3.77. The molecule has 0 aliphatic heterocycles. The van der Waals surface area contributed by atoms with Crippen molar-refractivity contribution in [1.82, 2.24) is 0 Å². The Hall–Kier alpha value is -2.64. The maximum Gasteiger partial charge on any atom is 0.249 e. The third-order valence-corrected chi connectivity index (χ3v) is 3.91. The van der Waals surface area contributed by atoms with Crippen molar-refractivity contribution in [3.05, 3.63) is 64.2 Å². The molecule has 0 aromatic heterocycles. The van der Waals surface area contributed by atoms with Gasteiger partial charge in [-0.15, -0.1) is 0 Å². The number of hydrogen-bond acceptors (Lipinski definition) is 3. The number of anilines is 1. The van der Waals surface area contributed by atoms with Gasteiger partial charge in [0.15, 0.2) is 11.7 Å². The number of ketones is 1. The highest BCUT2D eigenvalue weighted by atomic mass is 35.5. The number of rotatable bonds is 4. The summed E-state index contributed by atoms with van der Waals surface area (Å²) in [5.74, 6) is -2.64. The third-order valence-electron chi connectivity index (χ3n) is 3.58. The van der Waals surface area contributed by atoms with Crippen LogP contribution in [0.15, 0.2) is 42.5 Å². The second kappa shape index (κ2) is 7.08. The molecule has 0 spiro atoms. The van der Waals surface area contributed by atoms with Crippen LogP contribution in [0.1, 0.15) is 21.5 Å². The summed E-state index contributed by atoms with van der Waals surface area (Å²) in [6, 6.07) is 13.5. The topological polar surface area (TPSA) is 70.0 Å². The summed E-state index contributed by atoms with van der Waals surface area (Å²) >= 11 is 5.97. The van der Waals surface area contributed by atoms with Crippen LogP contribution in [0.2, 0.25) is 5.02 Å². The minimum atomic E-state index is -1.42. The van der Waals surface area contributed by atoms with Gasteiger partial charge < -0.3 is 5.32 Å². The second-order valence-electron chi connectivity index (χ2n) is 5.19. The van der Waals surface area contributed by atoms with Gasteiger partial charge in [0.25, 0.3) is 0 Å². The number of hydrogen-bond donors (Lipinski definition) is 1. The molecule has 2 aromatic carbocycles. The molecule has 0 aliphatic rings. The average Bonchev–Trinajstić information content (AvgIpc) is 2.53. The van der Waals surface area contributed by atoms with Crippen molar-refractivity contribution < 1.29 is 9.59 Å². The van der Waals surface area contributed by atoms with E-state index in [2.05, 4.69) is 5.32 Å². The smallest absolute Gasteiger partial charge is 0.249 e. The quantitative estimate of drug-likeness (QED) is 0.684. The van der Waals surface area contributed by atoms with Crippen LogP contribution in [0.3, 0.4) is 0 Å². The van der Waals surface area contributed by atoms with E-state index < -0.39 is 17.6 Å². The van der Waals surface area contributed by atoms with Gasteiger partial charge in [0, 0.05) is 5.56 Å². The van der Waals surface area contributed by atoms with E-state index in [1.165, 1.54) is 0 Å². The van der Waals surface area contributed by atoms with Gasteiger partial charge in [0.05, 0.1) is 16.8 Å². The number of carbonyl (C=O) groups excluding carboxylic acids is 2. The molecule has 1 amide bonds. The minimum absolute atomic E-state index is 0.342. The van der Waals surface area contributed by atoms with E-state index in [9.17, 15) is 14.9 Å². The summed E-state index contributed by atoms with van der Waals surface area (Å²) in [5, 5.41) is 12.1. The van der Waals surface area contributed by atoms with Gasteiger partial charge in [-0.3, -0.25) is 9.59 Å². The molecule has 5 heteroatoms. The number of Topliss-reactive ketones (excluding diaryl/α,β-unsaturated/α-hetero) is 1. The Morgan fingerprint density at radius 1 is 1.13 bits per heavy atom. The Morgan fingerprint density at radius 3 is 2.43 bits per heavy atom. The number of aryl methyl sites for hydroxylation is 2. The molecule has 0 aliphatic carbocycles. The number of carbonyl (C=O) groups is 2. The molecule has 116 valence electrons. The van der Waals surface area contributed by atoms with Crippen molar-refractivity contribution in [3.63, 3.8) is 0 Å². The van der Waals surface area contributed by atoms with Gasteiger partial charge in [-0.2, -0.15) is 5.26 Å². The maximum absolute atomic E-state index is 12.4. The minimum Gasteiger partial charge on any atom is -0.323 e. The molecule has 0 unspecified atom stereocenters. The van der Waals surface area contributed by atoms with Crippen LogP contribution < -0.4 is 5.32 Å². The van der Waals surface area contributed by atoms with Crippen LogP contribution in [0, 0.1) is 31.1 Å². The number of halogens is 1. The summed E-state index contributed by atoms with van der Waals surface area (Å²) in [5.41, 5.74) is 2.68. The van der Waals surface area contributed by atoms with Gasteiger partial charge in [-0.05, 0) is 43.2 Å². The first-order valence-corrected chi connectivity index (χ1v) is 7.38. The predicted molar refractivity (Wildman–Crippen MR) is 89.4 cm³/mol. The van der Waals surface area contributed by atoms with Gasteiger partial charge in [-0.25, -0.2) is 0 Å². The molecule has 0 heterocycles. The lowest BCUT2D eigenvalue weighted by atomic mass is 9.95. The molecule has 1 atom stereocenters. The Balaban J connectivity index is 2.23. The molecular weight excluding hydrogens is 312 g/mol. The summed E-state index contributed by atoms with van der Waals surface area (Å²) < 4.78 is 0. The van der Waals surface area contributed by atoms with Crippen molar-refractivity contribution in [1.29, 1.82) is 5.26 Å². The maximum atomic E-state index is 12.4. The number of nitrogens with one attached hydrogen (secondary N) is 1. The molecule has 0 fully saturated rings. The molecule has 0 bridgehead atoms. The first kappa shape index (κ1) is 16.7. The highest BCUT2D eigenvalue weighted by Crippen LogP contribution is 2.22. The summed E-state index contributed by atoms with van der Waals surface area (Å²) in [6.45, 7) is 3.80. The van der Waals surface area contributed by atoms with Gasteiger partial charge in [0.1, 0.15) is 0 Å². The van der Waals surface area contributed by atoms with E-state index in [0.717, 1.165) is 11.1 Å². The van der Waals surface area contributed by atoms with E-state index in [0.29, 0.717) is 16.3 Å². The van der Waals surface area contributed by atoms with Crippen LogP contribution in [0.5, 0.6) is 0 Å². The van der Waals surface area contributed by atoms with Crippen LogP contribution >= 0.6 is 11.6 Å². The van der Waals surface area contributed by atoms with Gasteiger partial charge in [0.2, 0.25) is 5.91 Å². The molecule has 2 rings (SSSR count). The van der Waals surface area contributed by atoms with E-state index in [1.807, 2.05) is 13.8 Å². The fraction of sp³-hybridized carbons (Fsp3) is 0.167. The van der Waals surface area contributed by atoms with Crippen molar-refractivity contribution in [2.45, 2.75) is 13.8 Å². The Labute approximate surface area is 139 Å². The Morgan fingerprint density at radius 2 is 1.83 bits per heavy atom. The van der Waals surface area contributed by atoms with E-state index in [4.69, 9.17) is 11.6 Å². The number of amides is 1. The molecular formula is C18H15ClN2O2. The number of para-hydroxylation sites is 1. The molecule has 0 radical (unpaired) electrons. The molecule has 4 nitrogen and oxygen atoms in total. The zero-order chi connectivity index (χ0) is 17.0. The molecule has 0 saturated carbocycles. The second-order valence-corrected chi connectivity index (χ2v) is 5.60. The van der Waals surface area contributed by atoms with E-state index in [-0.39, 0.29) is 0 Å². The largest absolute Gasteiger partial charge is 0.323 e. The SMILES string of the molecule is Cc1ccc(C(=O)[C@H](C#N)C(=O)Nc2ccccc2Cl)cc1C. The fourth-order valence-electron chi connectivity index (χ4n) is 2.07. The molecule has 23 heavy (non-hydrogen) atoms. The van der Waals surface area contributed by atoms with Crippen molar-refractivity contribution in [2.24, 2.45) is 5.92 Å². The van der Waals surface area contributed by atoms with Crippen molar-refractivity contribution in [3.8, 4) is 6.07 Å². The predicted octanol–water partition coefficient (Wildman–Crippen LogP) is 3.92. The Bertz CT molecular complexity index is 809. The van der Waals surface area contributed by atoms with Gasteiger partial charge >= 0.3 is 0 Å². The van der Waals surface area contributed by atoms with E-state index in [1.54, 1.807) is 48.5 Å². The lowest BCUT2D eigenvalue weighted by Gasteiger charge is -2.11. The fourth-order valence-corrected chi connectivity index (χ4v) is 2.25. The zero-order valence-corrected chi connectivity index (χ0v) is 13.5. The summed E-state index contributed by atoms with van der Waals surface area (Å²) in [4.78, 5) is 24.7. The summed E-state index contributed by atoms with van der Waals surface area (Å²) in [7, 11) is 0. The van der Waals surface area contributed by atoms with Crippen LogP contribution in [-0.2, 0) is 4.79 Å². The van der Waals surface area contributed by atoms with Crippen molar-refractivity contribution >= 4 is 29.0 Å². The van der Waals surface area contributed by atoms with Crippen molar-refractivity contribution in [2.75, 3.05) is 5.32 Å². The van der Waals surface area contributed by atoms with Crippen LogP contribution in [-0.4, -0.2) is 11.7 Å². The lowest BCUT2D eigenvalue weighted by molar-refractivity contribution is -0.117. The van der Waals surface area contributed by atoms with Crippen LogP contribution in [0.25, 0.3) is 0 Å². The molecule has 1 N–H and O–H groups in total. The lowest BCUT2D eigenvalue weighted by Crippen LogP contribution is -2.28. The number of nitriles is 1. The molecule has 0 saturated heterocycles.